The molecule has 0 radical (unpaired) electrons. The van der Waals surface area contributed by atoms with Crippen molar-refractivity contribution in [2.75, 3.05) is 15.4 Å². The van der Waals surface area contributed by atoms with Crippen molar-refractivity contribution in [3.05, 3.63) is 81.8 Å². The van der Waals surface area contributed by atoms with Gasteiger partial charge in [-0.05, 0) is 85.7 Å². The Hall–Kier alpha value is -2.32. The molecule has 156 valence electrons. The minimum Gasteiger partial charge on any atom is -0.332 e. The zero-order valence-electron chi connectivity index (χ0n) is 16.2. The van der Waals surface area contributed by atoms with E-state index in [-0.39, 0.29) is 10.0 Å². The van der Waals surface area contributed by atoms with E-state index in [1.807, 2.05) is 19.9 Å². The minimum absolute atomic E-state index is 0.0735. The summed E-state index contributed by atoms with van der Waals surface area (Å²) < 4.78 is 28.6. The Balaban J connectivity index is 1.86. The first-order valence-electron chi connectivity index (χ1n) is 8.88. The first-order valence-corrected chi connectivity index (χ1v) is 11.5. The first kappa shape index (κ1) is 22.4. The molecule has 0 aliphatic heterocycles. The molecule has 3 aromatic carbocycles. The summed E-state index contributed by atoms with van der Waals surface area (Å²) in [6.07, 6.45) is 0. The summed E-state index contributed by atoms with van der Waals surface area (Å²) in [6.45, 7) is 3.68. The molecule has 3 rings (SSSR count). The van der Waals surface area contributed by atoms with Crippen LogP contribution in [0.4, 0.5) is 17.1 Å². The molecule has 0 unspecified atom stereocenters. The predicted octanol–water partition coefficient (Wildman–Crippen LogP) is 6.22. The molecule has 0 heterocycles. The molecular weight excluding hydrogens is 461 g/mol. The first-order chi connectivity index (χ1) is 14.2. The van der Waals surface area contributed by atoms with E-state index in [9.17, 15) is 8.42 Å². The smallest absolute Gasteiger partial charge is 0.263 e. The summed E-state index contributed by atoms with van der Waals surface area (Å²) in [5, 5.41) is 7.39. The normalized spacial score (nSPS) is 11.1. The van der Waals surface area contributed by atoms with E-state index < -0.39 is 10.0 Å². The van der Waals surface area contributed by atoms with Gasteiger partial charge in [-0.1, -0.05) is 35.3 Å². The highest BCUT2D eigenvalue weighted by Gasteiger charge is 2.20. The van der Waals surface area contributed by atoms with E-state index in [2.05, 4.69) is 15.4 Å². The van der Waals surface area contributed by atoms with Crippen molar-refractivity contribution >= 4 is 67.6 Å². The van der Waals surface area contributed by atoms with Gasteiger partial charge >= 0.3 is 0 Å². The Bertz CT molecular complexity index is 1200. The van der Waals surface area contributed by atoms with E-state index in [0.29, 0.717) is 21.4 Å². The molecule has 0 fully saturated rings. The number of hydrogen-bond acceptors (Lipinski definition) is 3. The maximum Gasteiger partial charge on any atom is 0.263 e. The lowest BCUT2D eigenvalue weighted by molar-refractivity contribution is 0.601. The number of rotatable bonds is 5. The molecule has 0 aliphatic carbocycles. The Kier molecular flexibility index (Phi) is 6.88. The fourth-order valence-corrected chi connectivity index (χ4v) is 4.53. The van der Waals surface area contributed by atoms with Crippen LogP contribution in [0, 0.1) is 13.8 Å². The summed E-state index contributed by atoms with van der Waals surface area (Å²) in [6, 6.07) is 16.9. The lowest BCUT2D eigenvalue weighted by Crippen LogP contribution is -2.22. The molecule has 9 heteroatoms. The Morgan fingerprint density at radius 3 is 2.27 bits per heavy atom. The summed E-state index contributed by atoms with van der Waals surface area (Å²) in [5.41, 5.74) is 3.11. The number of sulfonamides is 1. The largest absolute Gasteiger partial charge is 0.332 e. The van der Waals surface area contributed by atoms with Gasteiger partial charge in [0.2, 0.25) is 0 Å². The molecule has 0 atom stereocenters. The van der Waals surface area contributed by atoms with Crippen molar-refractivity contribution in [1.29, 1.82) is 0 Å². The maximum absolute atomic E-state index is 13.0. The van der Waals surface area contributed by atoms with Gasteiger partial charge < -0.3 is 10.6 Å². The van der Waals surface area contributed by atoms with Crippen molar-refractivity contribution in [3.8, 4) is 0 Å². The summed E-state index contributed by atoms with van der Waals surface area (Å²) in [7, 11) is -3.88. The van der Waals surface area contributed by atoms with Crippen LogP contribution in [0.5, 0.6) is 0 Å². The van der Waals surface area contributed by atoms with Crippen molar-refractivity contribution in [3.63, 3.8) is 0 Å². The van der Waals surface area contributed by atoms with Crippen LogP contribution in [-0.4, -0.2) is 13.5 Å². The Morgan fingerprint density at radius 2 is 1.57 bits per heavy atom. The molecule has 0 amide bonds. The van der Waals surface area contributed by atoms with Crippen LogP contribution in [0.1, 0.15) is 11.1 Å². The molecule has 5 nitrogen and oxygen atoms in total. The van der Waals surface area contributed by atoms with Gasteiger partial charge in [-0.25, -0.2) is 8.42 Å². The second-order valence-electron chi connectivity index (χ2n) is 6.60. The second kappa shape index (κ2) is 9.22. The molecular formula is C21H19Cl2N3O2S2. The SMILES string of the molecule is Cc1ccc(NC(=S)Nc2cccc(Cl)c2C)c(S(=O)(=O)Nc2ccc(Cl)cc2)c1. The summed E-state index contributed by atoms with van der Waals surface area (Å²) in [4.78, 5) is 0.0735. The third-order valence-corrected chi connectivity index (χ3v) is 6.57. The average Bonchev–Trinajstić information content (AvgIpc) is 2.68. The van der Waals surface area contributed by atoms with Crippen molar-refractivity contribution in [1.82, 2.24) is 0 Å². The zero-order chi connectivity index (χ0) is 21.9. The van der Waals surface area contributed by atoms with Crippen LogP contribution < -0.4 is 15.4 Å². The lowest BCUT2D eigenvalue weighted by Gasteiger charge is -2.17. The minimum atomic E-state index is -3.88. The molecule has 0 aliphatic rings. The number of aryl methyl sites for hydroxylation is 1. The molecule has 0 saturated carbocycles. The number of nitrogens with one attached hydrogen (secondary N) is 3. The van der Waals surface area contributed by atoms with E-state index in [4.69, 9.17) is 35.4 Å². The molecule has 0 aromatic heterocycles. The molecule has 0 saturated heterocycles. The predicted molar refractivity (Wildman–Crippen MR) is 129 cm³/mol. The Labute approximate surface area is 191 Å². The summed E-state index contributed by atoms with van der Waals surface area (Å²) in [5.74, 6) is 0. The standard InChI is InChI=1S/C21H19Cl2N3O2S2/c1-13-6-11-19(25-21(29)24-18-5-3-4-17(23)14(18)2)20(12-13)30(27,28)26-16-9-7-15(22)8-10-16/h3-12,26H,1-2H3,(H2,24,25,29). The quantitative estimate of drug-likeness (QED) is 0.378. The molecule has 0 spiro atoms. The van der Waals surface area contributed by atoms with Crippen molar-refractivity contribution in [2.24, 2.45) is 0 Å². The Morgan fingerprint density at radius 1 is 0.900 bits per heavy atom. The van der Waals surface area contributed by atoms with Crippen molar-refractivity contribution in [2.45, 2.75) is 18.7 Å². The topological polar surface area (TPSA) is 70.2 Å². The monoisotopic (exact) mass is 479 g/mol. The summed E-state index contributed by atoms with van der Waals surface area (Å²) >= 11 is 17.4. The third-order valence-electron chi connectivity index (χ3n) is 4.29. The van der Waals surface area contributed by atoms with E-state index in [0.717, 1.165) is 16.8 Å². The van der Waals surface area contributed by atoms with Crippen LogP contribution in [-0.2, 0) is 10.0 Å². The van der Waals surface area contributed by atoms with Crippen molar-refractivity contribution < 1.29 is 8.42 Å². The zero-order valence-corrected chi connectivity index (χ0v) is 19.3. The average molecular weight is 480 g/mol. The molecule has 3 aromatic rings. The van der Waals surface area contributed by atoms with Gasteiger partial charge in [0.25, 0.3) is 10.0 Å². The van der Waals surface area contributed by atoms with Gasteiger partial charge in [0.1, 0.15) is 4.90 Å². The van der Waals surface area contributed by atoms with Crippen LogP contribution >= 0.6 is 35.4 Å². The number of benzene rings is 3. The van der Waals surface area contributed by atoms with E-state index >= 15 is 0 Å². The highest BCUT2D eigenvalue weighted by Crippen LogP contribution is 2.27. The maximum atomic E-state index is 13.0. The van der Waals surface area contributed by atoms with Gasteiger partial charge in [0, 0.05) is 21.4 Å². The molecule has 3 N–H and O–H groups in total. The fourth-order valence-electron chi connectivity index (χ4n) is 2.70. The number of halogens is 2. The highest BCUT2D eigenvalue weighted by molar-refractivity contribution is 7.93. The van der Waals surface area contributed by atoms with Gasteiger partial charge in [0.15, 0.2) is 5.11 Å². The third kappa shape index (κ3) is 5.43. The van der Waals surface area contributed by atoms with E-state index in [1.54, 1.807) is 54.6 Å². The van der Waals surface area contributed by atoms with Gasteiger partial charge in [-0.15, -0.1) is 0 Å². The van der Waals surface area contributed by atoms with Gasteiger partial charge in [-0.2, -0.15) is 0 Å². The molecule has 0 bridgehead atoms. The lowest BCUT2D eigenvalue weighted by atomic mass is 10.2. The number of hydrogen-bond donors (Lipinski definition) is 3. The highest BCUT2D eigenvalue weighted by atomic mass is 35.5. The number of anilines is 3. The van der Waals surface area contributed by atoms with Crippen LogP contribution in [0.3, 0.4) is 0 Å². The van der Waals surface area contributed by atoms with Crippen LogP contribution in [0.15, 0.2) is 65.6 Å². The van der Waals surface area contributed by atoms with E-state index in [1.165, 1.54) is 0 Å². The van der Waals surface area contributed by atoms with Gasteiger partial charge in [-0.3, -0.25) is 4.72 Å². The number of thiocarbonyl (C=S) groups is 1. The van der Waals surface area contributed by atoms with Gasteiger partial charge in [0.05, 0.1) is 5.69 Å². The molecule has 30 heavy (non-hydrogen) atoms. The fraction of sp³-hybridized carbons (Fsp3) is 0.0952. The second-order valence-corrected chi connectivity index (χ2v) is 9.51. The van der Waals surface area contributed by atoms with Crippen LogP contribution in [0.2, 0.25) is 10.0 Å². The van der Waals surface area contributed by atoms with Crippen LogP contribution in [0.25, 0.3) is 0 Å².